The summed E-state index contributed by atoms with van der Waals surface area (Å²) in [5.41, 5.74) is 3.02. The van der Waals surface area contributed by atoms with Gasteiger partial charge in [0.1, 0.15) is 5.15 Å². The van der Waals surface area contributed by atoms with Crippen molar-refractivity contribution in [2.24, 2.45) is 0 Å². The summed E-state index contributed by atoms with van der Waals surface area (Å²) < 4.78 is 26.6. The van der Waals surface area contributed by atoms with Crippen molar-refractivity contribution in [3.8, 4) is 5.69 Å². The van der Waals surface area contributed by atoms with E-state index in [0.29, 0.717) is 22.8 Å². The number of rotatable bonds is 6. The molecule has 1 heterocycles. The molecule has 0 fully saturated rings. The number of nitrogens with zero attached hydrogens (tertiary/aromatic N) is 2. The van der Waals surface area contributed by atoms with Crippen LogP contribution in [0, 0.1) is 6.92 Å². The van der Waals surface area contributed by atoms with Gasteiger partial charge in [0.25, 0.3) is 0 Å². The lowest BCUT2D eigenvalue weighted by atomic mass is 10.2. The number of aromatic nitrogens is 2. The molecule has 2 aromatic carbocycles. The van der Waals surface area contributed by atoms with Gasteiger partial charge in [-0.2, -0.15) is 5.10 Å². The van der Waals surface area contributed by atoms with Crippen molar-refractivity contribution >= 4 is 21.4 Å². The monoisotopic (exact) mass is 374 g/mol. The molecule has 1 aromatic heterocycles. The Morgan fingerprint density at radius 3 is 2.24 bits per heavy atom. The summed E-state index contributed by atoms with van der Waals surface area (Å²) in [7, 11) is -3.28. The summed E-state index contributed by atoms with van der Waals surface area (Å²) in [6.07, 6.45) is 0.493. The Bertz CT molecular complexity index is 952. The van der Waals surface area contributed by atoms with Gasteiger partial charge in [-0.15, -0.1) is 0 Å². The first-order chi connectivity index (χ1) is 12.0. The minimum atomic E-state index is -3.28. The molecule has 0 spiro atoms. The van der Waals surface area contributed by atoms with Gasteiger partial charge in [0.05, 0.1) is 22.9 Å². The average Bonchev–Trinajstić information content (AvgIpc) is 2.90. The van der Waals surface area contributed by atoms with E-state index in [1.165, 1.54) is 0 Å². The summed E-state index contributed by atoms with van der Waals surface area (Å²) in [6, 6.07) is 19.0. The van der Waals surface area contributed by atoms with Crippen LogP contribution in [0.2, 0.25) is 5.15 Å². The van der Waals surface area contributed by atoms with Crippen LogP contribution in [0.15, 0.2) is 60.7 Å². The highest BCUT2D eigenvalue weighted by Crippen LogP contribution is 2.25. The summed E-state index contributed by atoms with van der Waals surface area (Å²) in [5.74, 6) is -0.0133. The van der Waals surface area contributed by atoms with E-state index in [0.717, 1.165) is 11.3 Å². The summed E-state index contributed by atoms with van der Waals surface area (Å²) in [5, 5.41) is 4.76. The van der Waals surface area contributed by atoms with Crippen molar-refractivity contribution in [2.75, 3.05) is 5.75 Å². The molecular formula is C19H19ClN2O2S. The fraction of sp³-hybridized carbons (Fsp3) is 0.211. The van der Waals surface area contributed by atoms with Crippen LogP contribution in [0.1, 0.15) is 16.8 Å². The van der Waals surface area contributed by atoms with E-state index < -0.39 is 9.84 Å². The Morgan fingerprint density at radius 2 is 1.60 bits per heavy atom. The van der Waals surface area contributed by atoms with Gasteiger partial charge in [-0.25, -0.2) is 13.1 Å². The van der Waals surface area contributed by atoms with Crippen LogP contribution in [0.5, 0.6) is 0 Å². The summed E-state index contributed by atoms with van der Waals surface area (Å²) >= 11 is 6.42. The zero-order chi connectivity index (χ0) is 17.9. The number of hydrogen-bond donors (Lipinski definition) is 0. The molecule has 0 aliphatic heterocycles. The third-order valence-electron chi connectivity index (χ3n) is 4.03. The summed E-state index contributed by atoms with van der Waals surface area (Å²) in [4.78, 5) is 0. The highest BCUT2D eigenvalue weighted by Gasteiger charge is 2.21. The Kier molecular flexibility index (Phi) is 5.25. The van der Waals surface area contributed by atoms with Gasteiger partial charge in [0.2, 0.25) is 0 Å². The smallest absolute Gasteiger partial charge is 0.154 e. The quantitative estimate of drug-likeness (QED) is 0.655. The standard InChI is InChI=1S/C19H19ClN2O2S/c1-15-18(19(20)22(21-15)17-10-6-3-7-11-17)14-25(23,24)13-12-16-8-4-2-5-9-16/h2-11H,12-14H2,1H3. The molecule has 0 N–H and O–H groups in total. The Hall–Kier alpha value is -2.11. The highest BCUT2D eigenvalue weighted by atomic mass is 35.5. The molecule has 0 aliphatic carbocycles. The van der Waals surface area contributed by atoms with Crippen LogP contribution in [-0.2, 0) is 22.0 Å². The average molecular weight is 375 g/mol. The highest BCUT2D eigenvalue weighted by molar-refractivity contribution is 7.90. The number of para-hydroxylation sites is 1. The molecule has 0 saturated heterocycles. The number of aryl methyl sites for hydroxylation is 2. The molecule has 6 heteroatoms. The van der Waals surface area contributed by atoms with Crippen molar-refractivity contribution in [3.05, 3.63) is 82.6 Å². The normalized spacial score (nSPS) is 11.6. The maximum atomic E-state index is 12.5. The first-order valence-corrected chi connectivity index (χ1v) is 10.2. The van der Waals surface area contributed by atoms with E-state index in [-0.39, 0.29) is 11.5 Å². The van der Waals surface area contributed by atoms with Crippen LogP contribution in [0.4, 0.5) is 0 Å². The minimum absolute atomic E-state index is 0.0866. The third-order valence-corrected chi connectivity index (χ3v) is 5.97. The van der Waals surface area contributed by atoms with Gasteiger partial charge in [-0.05, 0) is 31.0 Å². The zero-order valence-corrected chi connectivity index (χ0v) is 15.5. The minimum Gasteiger partial charge on any atom is -0.228 e. The van der Waals surface area contributed by atoms with E-state index in [1.54, 1.807) is 11.6 Å². The van der Waals surface area contributed by atoms with E-state index >= 15 is 0 Å². The van der Waals surface area contributed by atoms with Crippen LogP contribution in [0.25, 0.3) is 5.69 Å². The van der Waals surface area contributed by atoms with Crippen molar-refractivity contribution in [1.29, 1.82) is 0 Å². The second-order valence-electron chi connectivity index (χ2n) is 5.93. The molecule has 0 atom stereocenters. The number of halogens is 1. The predicted molar refractivity (Wildman–Crippen MR) is 101 cm³/mol. The predicted octanol–water partition coefficient (Wildman–Crippen LogP) is 3.99. The van der Waals surface area contributed by atoms with Gasteiger partial charge in [0, 0.05) is 5.56 Å². The molecule has 3 rings (SSSR count). The topological polar surface area (TPSA) is 52.0 Å². The van der Waals surface area contributed by atoms with Crippen molar-refractivity contribution in [3.63, 3.8) is 0 Å². The second-order valence-corrected chi connectivity index (χ2v) is 8.47. The molecule has 0 bridgehead atoms. The fourth-order valence-electron chi connectivity index (χ4n) is 2.65. The van der Waals surface area contributed by atoms with E-state index in [4.69, 9.17) is 11.6 Å². The SMILES string of the molecule is Cc1nn(-c2ccccc2)c(Cl)c1CS(=O)(=O)CCc1ccccc1. The molecule has 130 valence electrons. The lowest BCUT2D eigenvalue weighted by Crippen LogP contribution is -2.12. The third kappa shape index (κ3) is 4.30. The zero-order valence-electron chi connectivity index (χ0n) is 13.9. The molecule has 0 aliphatic rings. The largest absolute Gasteiger partial charge is 0.228 e. The first-order valence-electron chi connectivity index (χ1n) is 8.00. The lowest BCUT2D eigenvalue weighted by Gasteiger charge is -2.06. The van der Waals surface area contributed by atoms with Gasteiger partial charge >= 0.3 is 0 Å². The van der Waals surface area contributed by atoms with Crippen molar-refractivity contribution in [1.82, 2.24) is 9.78 Å². The molecule has 4 nitrogen and oxygen atoms in total. The van der Waals surface area contributed by atoms with E-state index in [9.17, 15) is 8.42 Å². The number of hydrogen-bond acceptors (Lipinski definition) is 3. The maximum Gasteiger partial charge on any atom is 0.154 e. The maximum absolute atomic E-state index is 12.5. The first kappa shape index (κ1) is 17.7. The second kappa shape index (κ2) is 7.42. The van der Waals surface area contributed by atoms with Gasteiger partial charge in [-0.1, -0.05) is 60.1 Å². The Labute approximate surface area is 153 Å². The number of sulfone groups is 1. The van der Waals surface area contributed by atoms with Crippen LogP contribution in [-0.4, -0.2) is 24.0 Å². The van der Waals surface area contributed by atoms with E-state index in [2.05, 4.69) is 5.10 Å². The molecule has 3 aromatic rings. The molecular weight excluding hydrogens is 356 g/mol. The summed E-state index contributed by atoms with van der Waals surface area (Å²) in [6.45, 7) is 1.79. The van der Waals surface area contributed by atoms with Crippen molar-refractivity contribution in [2.45, 2.75) is 19.1 Å². The Balaban J connectivity index is 1.79. The van der Waals surface area contributed by atoms with Crippen LogP contribution >= 0.6 is 11.6 Å². The van der Waals surface area contributed by atoms with Crippen LogP contribution < -0.4 is 0 Å². The lowest BCUT2D eigenvalue weighted by molar-refractivity contribution is 0.594. The number of benzene rings is 2. The molecule has 0 saturated carbocycles. The molecule has 0 radical (unpaired) electrons. The van der Waals surface area contributed by atoms with Crippen LogP contribution in [0.3, 0.4) is 0 Å². The van der Waals surface area contributed by atoms with E-state index in [1.807, 2.05) is 60.7 Å². The molecule has 0 unspecified atom stereocenters. The molecule has 0 amide bonds. The van der Waals surface area contributed by atoms with Crippen molar-refractivity contribution < 1.29 is 8.42 Å². The van der Waals surface area contributed by atoms with Gasteiger partial charge in [-0.3, -0.25) is 0 Å². The van der Waals surface area contributed by atoms with Gasteiger partial charge in [0.15, 0.2) is 9.84 Å². The molecule has 25 heavy (non-hydrogen) atoms. The van der Waals surface area contributed by atoms with Gasteiger partial charge < -0.3 is 0 Å². The fourth-order valence-corrected chi connectivity index (χ4v) is 4.54. The Morgan fingerprint density at radius 1 is 1.00 bits per heavy atom.